The largest absolute Gasteiger partial charge is 0.309 e. The van der Waals surface area contributed by atoms with Crippen molar-refractivity contribution >= 4 is 82.0 Å². The molecule has 0 saturated carbocycles. The first kappa shape index (κ1) is 52.5. The summed E-state index contributed by atoms with van der Waals surface area (Å²) in [6.07, 6.45) is 0. The topological polar surface area (TPSA) is 8.17 Å². The van der Waals surface area contributed by atoms with E-state index in [1.165, 1.54) is 132 Å². The Hall–Kier alpha value is -11.8. The molecule has 17 rings (SSSR count). The molecule has 0 amide bonds. The van der Waals surface area contributed by atoms with Gasteiger partial charge in [0, 0.05) is 38.6 Å². The zero-order valence-electron chi connectivity index (χ0n) is 49.4. The Morgan fingerprint density at radius 1 is 0.189 bits per heavy atom. The zero-order valence-corrected chi connectivity index (χ0v) is 49.4. The first-order chi connectivity index (χ1) is 44.7. The van der Waals surface area contributed by atoms with Gasteiger partial charge in [0.25, 0.3) is 0 Å². The van der Waals surface area contributed by atoms with Gasteiger partial charge in [0.05, 0.1) is 16.7 Å². The molecular weight excluding hydrogens is 1080 g/mol. The van der Waals surface area contributed by atoms with Crippen LogP contribution >= 0.6 is 0 Å². The molecule has 0 aliphatic rings. The molecule has 0 N–H and O–H groups in total. The van der Waals surface area contributed by atoms with Gasteiger partial charge in [0.15, 0.2) is 0 Å². The van der Waals surface area contributed by atoms with Crippen LogP contribution < -0.4 is 4.90 Å². The molecule has 90 heavy (non-hydrogen) atoms. The number of aromatic nitrogens is 1. The second-order valence-corrected chi connectivity index (χ2v) is 23.4. The third-order valence-electron chi connectivity index (χ3n) is 18.4. The van der Waals surface area contributed by atoms with E-state index in [4.69, 9.17) is 0 Å². The molecule has 0 atom stereocenters. The van der Waals surface area contributed by atoms with Crippen LogP contribution in [0.5, 0.6) is 0 Å². The van der Waals surface area contributed by atoms with Crippen molar-refractivity contribution in [2.45, 2.75) is 0 Å². The minimum atomic E-state index is 1.06. The Morgan fingerprint density at radius 3 is 0.922 bits per heavy atom. The summed E-state index contributed by atoms with van der Waals surface area (Å²) in [4.78, 5) is 2.48. The smallest absolute Gasteiger partial charge is 0.0618 e. The van der Waals surface area contributed by atoms with E-state index in [0.29, 0.717) is 0 Å². The van der Waals surface area contributed by atoms with Gasteiger partial charge in [-0.1, -0.05) is 291 Å². The fraction of sp³-hybridized carbons (Fsp3) is 0. The van der Waals surface area contributed by atoms with E-state index in [1.54, 1.807) is 0 Å². The lowest BCUT2D eigenvalue weighted by Gasteiger charge is -2.30. The molecule has 0 saturated heterocycles. The van der Waals surface area contributed by atoms with Gasteiger partial charge in [-0.15, -0.1) is 0 Å². The van der Waals surface area contributed by atoms with E-state index in [2.05, 4.69) is 361 Å². The van der Waals surface area contributed by atoms with Gasteiger partial charge in [-0.25, -0.2) is 0 Å². The predicted molar refractivity (Wildman–Crippen MR) is 384 cm³/mol. The quantitative estimate of drug-likeness (QED) is 0.117. The highest BCUT2D eigenvalue weighted by molar-refractivity contribution is 6.30. The third kappa shape index (κ3) is 8.88. The predicted octanol–water partition coefficient (Wildman–Crippen LogP) is 24.5. The molecule has 1 heterocycles. The standard InChI is InChI=1S/C88H58N2/c1-5-25-59(26-6-1)60-45-47-63(48-46-60)85-73-37-17-19-39-75(73)86(76-40-20-18-38-74(76)85)87-77-41-21-23-43-79(77)88(80-44-24-22-42-78(80)87)89(66-31-11-4-12-32-66)67-51-53-68(54-52-67)90-83-55-49-64(71-35-15-13-33-69(71)61-27-7-2-8-28-61)57-81(83)82-58-65(50-56-84(82)90)72-36-16-14-34-70(72)62-29-9-3-10-30-62/h1-58H. The van der Waals surface area contributed by atoms with Crippen LogP contribution in [0.2, 0.25) is 0 Å². The fourth-order valence-corrected chi connectivity index (χ4v) is 14.4. The van der Waals surface area contributed by atoms with E-state index in [0.717, 1.165) is 33.8 Å². The summed E-state index contributed by atoms with van der Waals surface area (Å²) in [5.74, 6) is 0. The number of anilines is 3. The van der Waals surface area contributed by atoms with Crippen molar-refractivity contribution < 1.29 is 0 Å². The van der Waals surface area contributed by atoms with Gasteiger partial charge in [0.1, 0.15) is 0 Å². The number of nitrogens with zero attached hydrogens (tertiary/aromatic N) is 2. The molecule has 2 heteroatoms. The zero-order chi connectivity index (χ0) is 59.5. The van der Waals surface area contributed by atoms with E-state index in [9.17, 15) is 0 Å². The van der Waals surface area contributed by atoms with Crippen LogP contribution in [0.1, 0.15) is 0 Å². The lowest BCUT2D eigenvalue weighted by Crippen LogP contribution is -2.11. The van der Waals surface area contributed by atoms with Crippen LogP contribution in [0, 0.1) is 0 Å². The van der Waals surface area contributed by atoms with Gasteiger partial charge < -0.3 is 9.47 Å². The molecule has 0 bridgehead atoms. The Kier molecular flexibility index (Phi) is 12.9. The SMILES string of the molecule is c1ccc(-c2ccc(-c3c4ccccc4c(-c4c5ccccc5c(N(c5ccccc5)c5ccc(-n6c7ccc(-c8ccccc8-c8ccccc8)cc7c7cc(-c8ccccc8-c8ccccc8)ccc76)cc5)c5ccccc45)c4ccccc34)cc2)cc1. The second-order valence-electron chi connectivity index (χ2n) is 23.4. The first-order valence-corrected chi connectivity index (χ1v) is 31.1. The third-order valence-corrected chi connectivity index (χ3v) is 18.4. The Balaban J connectivity index is 0.844. The van der Waals surface area contributed by atoms with E-state index in [1.807, 2.05) is 0 Å². The van der Waals surface area contributed by atoms with Crippen molar-refractivity contribution in [2.24, 2.45) is 0 Å². The fourth-order valence-electron chi connectivity index (χ4n) is 14.4. The minimum Gasteiger partial charge on any atom is -0.309 e. The highest BCUT2D eigenvalue weighted by Gasteiger charge is 2.26. The summed E-state index contributed by atoms with van der Waals surface area (Å²) in [6, 6.07) is 129. The van der Waals surface area contributed by atoms with Crippen LogP contribution in [-0.4, -0.2) is 4.57 Å². The molecule has 2 nitrogen and oxygen atoms in total. The Labute approximate surface area is 523 Å². The number of hydrogen-bond acceptors (Lipinski definition) is 1. The van der Waals surface area contributed by atoms with Crippen LogP contribution in [0.15, 0.2) is 352 Å². The van der Waals surface area contributed by atoms with E-state index >= 15 is 0 Å². The maximum atomic E-state index is 2.48. The molecule has 0 aliphatic heterocycles. The van der Waals surface area contributed by atoms with Crippen molar-refractivity contribution in [1.82, 2.24) is 4.57 Å². The number of rotatable bonds is 11. The summed E-state index contributed by atoms with van der Waals surface area (Å²) in [5.41, 5.74) is 23.6. The van der Waals surface area contributed by atoms with Gasteiger partial charge in [-0.05, 0) is 171 Å². The van der Waals surface area contributed by atoms with Gasteiger partial charge in [0.2, 0.25) is 0 Å². The number of benzene rings is 16. The number of hydrogen-bond donors (Lipinski definition) is 0. The summed E-state index contributed by atoms with van der Waals surface area (Å²) in [5, 5.41) is 12.0. The van der Waals surface area contributed by atoms with Crippen molar-refractivity contribution in [3.05, 3.63) is 352 Å². The van der Waals surface area contributed by atoms with Crippen LogP contribution in [0.4, 0.5) is 17.1 Å². The molecular formula is C88H58N2. The van der Waals surface area contributed by atoms with Crippen LogP contribution in [0.3, 0.4) is 0 Å². The highest BCUT2D eigenvalue weighted by Crippen LogP contribution is 2.53. The molecule has 0 spiro atoms. The summed E-state index contributed by atoms with van der Waals surface area (Å²) in [7, 11) is 0. The Bertz CT molecular complexity index is 5300. The van der Waals surface area contributed by atoms with Gasteiger partial charge in [-0.2, -0.15) is 0 Å². The molecule has 1 aromatic heterocycles. The van der Waals surface area contributed by atoms with Crippen LogP contribution in [-0.2, 0) is 0 Å². The summed E-state index contributed by atoms with van der Waals surface area (Å²) in [6.45, 7) is 0. The van der Waals surface area contributed by atoms with Crippen molar-refractivity contribution in [3.8, 4) is 83.6 Å². The monoisotopic (exact) mass is 1140 g/mol. The second kappa shape index (κ2) is 22.1. The molecule has 420 valence electrons. The lowest BCUT2D eigenvalue weighted by atomic mass is 9.82. The number of fused-ring (bicyclic) bond motifs is 7. The maximum absolute atomic E-state index is 2.48. The summed E-state index contributed by atoms with van der Waals surface area (Å²) < 4.78 is 2.46. The van der Waals surface area contributed by atoms with Crippen molar-refractivity contribution in [3.63, 3.8) is 0 Å². The molecule has 0 aliphatic carbocycles. The molecule has 16 aromatic carbocycles. The lowest BCUT2D eigenvalue weighted by molar-refractivity contribution is 1.17. The minimum absolute atomic E-state index is 1.06. The van der Waals surface area contributed by atoms with Crippen LogP contribution in [0.25, 0.3) is 148 Å². The average molecular weight is 1140 g/mol. The molecule has 0 fully saturated rings. The van der Waals surface area contributed by atoms with E-state index < -0.39 is 0 Å². The Morgan fingerprint density at radius 2 is 0.489 bits per heavy atom. The number of para-hydroxylation sites is 1. The summed E-state index contributed by atoms with van der Waals surface area (Å²) >= 11 is 0. The highest BCUT2D eigenvalue weighted by atomic mass is 15.1. The normalized spacial score (nSPS) is 11.6. The van der Waals surface area contributed by atoms with Gasteiger partial charge >= 0.3 is 0 Å². The average Bonchev–Trinajstić information content (AvgIpc) is 0.816. The van der Waals surface area contributed by atoms with Crippen molar-refractivity contribution in [2.75, 3.05) is 4.90 Å². The first-order valence-electron chi connectivity index (χ1n) is 31.1. The van der Waals surface area contributed by atoms with Crippen molar-refractivity contribution in [1.29, 1.82) is 0 Å². The maximum Gasteiger partial charge on any atom is 0.0618 e. The van der Waals surface area contributed by atoms with E-state index in [-0.39, 0.29) is 0 Å². The molecule has 17 aromatic rings. The molecule has 0 unspecified atom stereocenters. The molecule has 0 radical (unpaired) electrons. The van der Waals surface area contributed by atoms with Gasteiger partial charge in [-0.3, -0.25) is 0 Å².